The van der Waals surface area contributed by atoms with E-state index in [9.17, 15) is 4.79 Å². The highest BCUT2D eigenvalue weighted by Gasteiger charge is 2.21. The summed E-state index contributed by atoms with van der Waals surface area (Å²) in [6.07, 6.45) is 0.508. The number of oxazole rings is 1. The average Bonchev–Trinajstić information content (AvgIpc) is 2.97. The number of aromatic nitrogens is 1. The molecule has 7 nitrogen and oxygen atoms in total. The smallest absolute Gasteiger partial charge is 0.319 e. The summed E-state index contributed by atoms with van der Waals surface area (Å²) in [5, 5.41) is 5.51. The van der Waals surface area contributed by atoms with Gasteiger partial charge in [-0.2, -0.15) is 0 Å². The number of amides is 2. The molecule has 24 heavy (non-hydrogen) atoms. The minimum absolute atomic E-state index is 0.163. The zero-order chi connectivity index (χ0) is 17.2. The van der Waals surface area contributed by atoms with Crippen molar-refractivity contribution in [2.75, 3.05) is 25.1 Å². The Kier molecular flexibility index (Phi) is 4.73. The minimum Gasteiger partial charge on any atom is -0.440 e. The van der Waals surface area contributed by atoms with Gasteiger partial charge < -0.3 is 24.5 Å². The number of rotatable bonds is 3. The van der Waals surface area contributed by atoms with Crippen LogP contribution in [-0.4, -0.2) is 37.1 Å². The molecule has 130 valence electrons. The SMILES string of the molecule is CC(C)(C)c1nc2cc(NC(=O)NCC3OCCCO3)ccc2o1. The fourth-order valence-electron chi connectivity index (χ4n) is 2.33. The van der Waals surface area contributed by atoms with Crippen LogP contribution in [0.3, 0.4) is 0 Å². The summed E-state index contributed by atoms with van der Waals surface area (Å²) in [4.78, 5) is 16.5. The van der Waals surface area contributed by atoms with Crippen LogP contribution in [0.5, 0.6) is 0 Å². The van der Waals surface area contributed by atoms with E-state index in [1.54, 1.807) is 18.2 Å². The zero-order valence-electron chi connectivity index (χ0n) is 14.2. The average molecular weight is 333 g/mol. The number of ether oxygens (including phenoxy) is 2. The van der Waals surface area contributed by atoms with Gasteiger partial charge in [-0.15, -0.1) is 0 Å². The van der Waals surface area contributed by atoms with Gasteiger partial charge in [0, 0.05) is 11.1 Å². The van der Waals surface area contributed by atoms with Gasteiger partial charge in [-0.3, -0.25) is 0 Å². The van der Waals surface area contributed by atoms with Gasteiger partial charge >= 0.3 is 6.03 Å². The fourth-order valence-corrected chi connectivity index (χ4v) is 2.33. The normalized spacial score (nSPS) is 16.3. The molecular weight excluding hydrogens is 310 g/mol. The van der Waals surface area contributed by atoms with Crippen molar-refractivity contribution < 1.29 is 18.7 Å². The van der Waals surface area contributed by atoms with Gasteiger partial charge in [-0.1, -0.05) is 20.8 Å². The van der Waals surface area contributed by atoms with E-state index in [1.165, 1.54) is 0 Å². The maximum absolute atomic E-state index is 12.0. The highest BCUT2D eigenvalue weighted by molar-refractivity contribution is 5.91. The molecule has 2 heterocycles. The van der Waals surface area contributed by atoms with Gasteiger partial charge in [-0.05, 0) is 24.6 Å². The molecule has 2 amide bonds. The number of benzene rings is 1. The van der Waals surface area contributed by atoms with Crippen LogP contribution < -0.4 is 10.6 Å². The summed E-state index contributed by atoms with van der Waals surface area (Å²) >= 11 is 0. The van der Waals surface area contributed by atoms with E-state index in [4.69, 9.17) is 13.9 Å². The molecule has 0 radical (unpaired) electrons. The first kappa shape index (κ1) is 16.7. The molecule has 3 rings (SSSR count). The first-order valence-electron chi connectivity index (χ1n) is 8.11. The van der Waals surface area contributed by atoms with Gasteiger partial charge in [-0.25, -0.2) is 9.78 Å². The van der Waals surface area contributed by atoms with Gasteiger partial charge in [0.1, 0.15) is 5.52 Å². The summed E-state index contributed by atoms with van der Waals surface area (Å²) in [5.74, 6) is 0.672. The molecule has 0 bridgehead atoms. The molecule has 0 unspecified atom stereocenters. The van der Waals surface area contributed by atoms with E-state index in [1.807, 2.05) is 20.8 Å². The summed E-state index contributed by atoms with van der Waals surface area (Å²) < 4.78 is 16.5. The minimum atomic E-state index is -0.378. The molecule has 1 aliphatic heterocycles. The Morgan fingerprint density at radius 1 is 1.29 bits per heavy atom. The third-order valence-electron chi connectivity index (χ3n) is 3.61. The molecule has 0 atom stereocenters. The van der Waals surface area contributed by atoms with Crippen LogP contribution in [0.1, 0.15) is 33.1 Å². The van der Waals surface area contributed by atoms with Crippen LogP contribution in [0.2, 0.25) is 0 Å². The van der Waals surface area contributed by atoms with Crippen LogP contribution >= 0.6 is 0 Å². The van der Waals surface area contributed by atoms with Crippen molar-refractivity contribution in [2.45, 2.75) is 38.9 Å². The van der Waals surface area contributed by atoms with E-state index in [0.29, 0.717) is 36.9 Å². The maximum atomic E-state index is 12.0. The molecule has 1 saturated heterocycles. The summed E-state index contributed by atoms with van der Waals surface area (Å²) in [6, 6.07) is 5.07. The second-order valence-electron chi connectivity index (χ2n) is 6.81. The highest BCUT2D eigenvalue weighted by atomic mass is 16.7. The van der Waals surface area contributed by atoms with Crippen molar-refractivity contribution >= 4 is 22.8 Å². The number of anilines is 1. The van der Waals surface area contributed by atoms with Crippen LogP contribution in [0.25, 0.3) is 11.1 Å². The van der Waals surface area contributed by atoms with E-state index in [0.717, 1.165) is 11.9 Å². The standard InChI is InChI=1S/C17H23N3O4/c1-17(2,3)15-20-12-9-11(5-6-13(12)24-15)19-16(21)18-10-14-22-7-4-8-23-14/h5-6,9,14H,4,7-8,10H2,1-3H3,(H2,18,19,21). The third kappa shape index (κ3) is 4.04. The Morgan fingerprint density at radius 3 is 2.75 bits per heavy atom. The number of hydrogen-bond donors (Lipinski definition) is 2. The lowest BCUT2D eigenvalue weighted by atomic mass is 9.97. The monoisotopic (exact) mass is 333 g/mol. The van der Waals surface area contributed by atoms with Gasteiger partial charge in [0.2, 0.25) is 5.89 Å². The Balaban J connectivity index is 1.61. The zero-order valence-corrected chi connectivity index (χ0v) is 14.2. The Bertz CT molecular complexity index is 714. The predicted octanol–water partition coefficient (Wildman–Crippen LogP) is 3.01. The lowest BCUT2D eigenvalue weighted by Gasteiger charge is -2.23. The van der Waals surface area contributed by atoms with Crippen molar-refractivity contribution in [1.82, 2.24) is 10.3 Å². The first-order valence-corrected chi connectivity index (χ1v) is 8.11. The van der Waals surface area contributed by atoms with Gasteiger partial charge in [0.25, 0.3) is 0 Å². The number of carbonyl (C=O) groups is 1. The molecule has 1 aromatic carbocycles. The van der Waals surface area contributed by atoms with Crippen LogP contribution in [-0.2, 0) is 14.9 Å². The molecule has 1 aromatic heterocycles. The third-order valence-corrected chi connectivity index (χ3v) is 3.61. The summed E-state index contributed by atoms with van der Waals surface area (Å²) in [6.45, 7) is 7.76. The van der Waals surface area contributed by atoms with Gasteiger partial charge in [0.05, 0.1) is 19.8 Å². The fraction of sp³-hybridized carbons (Fsp3) is 0.529. The number of urea groups is 1. The number of carbonyl (C=O) groups excluding carboxylic acids is 1. The van der Waals surface area contributed by atoms with Crippen LogP contribution in [0.15, 0.2) is 22.6 Å². The van der Waals surface area contributed by atoms with Crippen molar-refractivity contribution in [2.24, 2.45) is 0 Å². The van der Waals surface area contributed by atoms with Crippen molar-refractivity contribution in [3.05, 3.63) is 24.1 Å². The van der Waals surface area contributed by atoms with Crippen molar-refractivity contribution in [1.29, 1.82) is 0 Å². The largest absolute Gasteiger partial charge is 0.440 e. The number of nitrogens with one attached hydrogen (secondary N) is 2. The topological polar surface area (TPSA) is 85.6 Å². The molecular formula is C17H23N3O4. The summed E-state index contributed by atoms with van der Waals surface area (Å²) in [7, 11) is 0. The van der Waals surface area contributed by atoms with Crippen molar-refractivity contribution in [3.8, 4) is 0 Å². The second kappa shape index (κ2) is 6.78. The Morgan fingerprint density at radius 2 is 2.04 bits per heavy atom. The maximum Gasteiger partial charge on any atom is 0.319 e. The first-order chi connectivity index (χ1) is 11.4. The van der Waals surface area contributed by atoms with E-state index >= 15 is 0 Å². The van der Waals surface area contributed by atoms with E-state index in [-0.39, 0.29) is 17.7 Å². The Labute approximate surface area is 140 Å². The predicted molar refractivity (Wildman–Crippen MR) is 90.0 cm³/mol. The lowest BCUT2D eigenvalue weighted by molar-refractivity contribution is -0.173. The van der Waals surface area contributed by atoms with Crippen LogP contribution in [0, 0.1) is 0 Å². The van der Waals surface area contributed by atoms with E-state index in [2.05, 4.69) is 15.6 Å². The molecule has 2 aromatic rings. The highest BCUT2D eigenvalue weighted by Crippen LogP contribution is 2.27. The molecule has 0 aliphatic carbocycles. The van der Waals surface area contributed by atoms with Gasteiger partial charge in [0.15, 0.2) is 11.9 Å². The lowest BCUT2D eigenvalue weighted by Crippen LogP contribution is -2.39. The van der Waals surface area contributed by atoms with E-state index < -0.39 is 0 Å². The molecule has 2 N–H and O–H groups in total. The quantitative estimate of drug-likeness (QED) is 0.902. The number of hydrogen-bond acceptors (Lipinski definition) is 5. The molecule has 1 aliphatic rings. The van der Waals surface area contributed by atoms with Crippen molar-refractivity contribution in [3.63, 3.8) is 0 Å². The molecule has 0 saturated carbocycles. The number of fused-ring (bicyclic) bond motifs is 1. The molecule has 0 spiro atoms. The van der Waals surface area contributed by atoms with Crippen LogP contribution in [0.4, 0.5) is 10.5 Å². The second-order valence-corrected chi connectivity index (χ2v) is 6.81. The summed E-state index contributed by atoms with van der Waals surface area (Å²) in [5.41, 5.74) is 1.91. The Hall–Kier alpha value is -2.12. The molecule has 1 fully saturated rings. The number of nitrogens with zero attached hydrogens (tertiary/aromatic N) is 1. The molecule has 7 heteroatoms.